The summed E-state index contributed by atoms with van der Waals surface area (Å²) in [6.07, 6.45) is 2.87. The van der Waals surface area contributed by atoms with E-state index in [0.29, 0.717) is 23.1 Å². The summed E-state index contributed by atoms with van der Waals surface area (Å²) in [4.78, 5) is 27.0. The normalized spacial score (nSPS) is 10.2. The van der Waals surface area contributed by atoms with Crippen molar-refractivity contribution in [2.75, 3.05) is 11.9 Å². The summed E-state index contributed by atoms with van der Waals surface area (Å²) in [7, 11) is 0. The lowest BCUT2D eigenvalue weighted by Crippen LogP contribution is -2.28. The molecule has 0 fully saturated rings. The molecule has 0 radical (unpaired) electrons. The Hall–Kier alpha value is -2.34. The van der Waals surface area contributed by atoms with Gasteiger partial charge in [0, 0.05) is 17.4 Å². The van der Waals surface area contributed by atoms with Crippen LogP contribution in [0.2, 0.25) is 5.02 Å². The molecule has 6 nitrogen and oxygen atoms in total. The van der Waals surface area contributed by atoms with Crippen LogP contribution in [-0.4, -0.2) is 22.1 Å². The Balaban J connectivity index is 2.14. The van der Waals surface area contributed by atoms with Crippen molar-refractivity contribution in [3.8, 4) is 5.75 Å². The van der Waals surface area contributed by atoms with E-state index in [1.165, 1.54) is 17.0 Å². The summed E-state index contributed by atoms with van der Waals surface area (Å²) in [5.74, 6) is 0.155. The number of aromatic nitrogens is 2. The quantitative estimate of drug-likeness (QED) is 0.916. The topological polar surface area (TPSA) is 73.2 Å². The van der Waals surface area contributed by atoms with E-state index in [1.54, 1.807) is 24.3 Å². The average molecular weight is 308 g/mol. The van der Waals surface area contributed by atoms with Crippen molar-refractivity contribution in [2.24, 2.45) is 0 Å². The predicted octanol–water partition coefficient (Wildman–Crippen LogP) is 1.93. The molecular weight excluding hydrogens is 294 g/mol. The van der Waals surface area contributed by atoms with Crippen LogP contribution in [0.15, 0.2) is 41.5 Å². The molecule has 1 amide bonds. The highest BCUT2D eigenvalue weighted by Gasteiger charge is 2.10. The van der Waals surface area contributed by atoms with Crippen LogP contribution in [0.1, 0.15) is 6.92 Å². The summed E-state index contributed by atoms with van der Waals surface area (Å²) in [6.45, 7) is 2.17. The second kappa shape index (κ2) is 6.90. The van der Waals surface area contributed by atoms with Crippen LogP contribution < -0.4 is 15.7 Å². The second-order valence-corrected chi connectivity index (χ2v) is 4.59. The number of benzene rings is 1. The first-order valence-corrected chi connectivity index (χ1v) is 6.71. The number of carbonyl (C=O) groups excluding carboxylic acids is 1. The number of halogens is 1. The third-order valence-corrected chi connectivity index (χ3v) is 2.85. The molecule has 2 rings (SSSR count). The van der Waals surface area contributed by atoms with Gasteiger partial charge in [0.2, 0.25) is 5.91 Å². The SMILES string of the molecule is CCOc1ccc(Cl)cc1NC(=O)Cn1cccnc1=O. The predicted molar refractivity (Wildman–Crippen MR) is 79.7 cm³/mol. The van der Waals surface area contributed by atoms with Gasteiger partial charge in [-0.25, -0.2) is 9.78 Å². The summed E-state index contributed by atoms with van der Waals surface area (Å²) in [6, 6.07) is 6.53. The molecule has 2 aromatic rings. The van der Waals surface area contributed by atoms with Gasteiger partial charge in [-0.05, 0) is 31.2 Å². The van der Waals surface area contributed by atoms with Crippen LogP contribution in [0, 0.1) is 0 Å². The van der Waals surface area contributed by atoms with E-state index < -0.39 is 5.69 Å². The molecule has 0 aliphatic rings. The van der Waals surface area contributed by atoms with Crippen molar-refractivity contribution >= 4 is 23.2 Å². The Kier molecular flexibility index (Phi) is 4.94. The van der Waals surface area contributed by atoms with Gasteiger partial charge in [0.15, 0.2) is 0 Å². The Morgan fingerprint density at radius 1 is 1.48 bits per heavy atom. The van der Waals surface area contributed by atoms with E-state index in [0.717, 1.165) is 0 Å². The zero-order valence-electron chi connectivity index (χ0n) is 11.4. The molecule has 1 heterocycles. The third-order valence-electron chi connectivity index (χ3n) is 2.61. The first-order chi connectivity index (χ1) is 10.1. The lowest BCUT2D eigenvalue weighted by Gasteiger charge is -2.12. The molecule has 110 valence electrons. The third kappa shape index (κ3) is 4.06. The molecule has 1 N–H and O–H groups in total. The van der Waals surface area contributed by atoms with Crippen molar-refractivity contribution in [3.05, 3.63) is 52.2 Å². The smallest absolute Gasteiger partial charge is 0.347 e. The number of hydrogen-bond acceptors (Lipinski definition) is 4. The minimum absolute atomic E-state index is 0.134. The van der Waals surface area contributed by atoms with Crippen molar-refractivity contribution in [1.82, 2.24) is 9.55 Å². The van der Waals surface area contributed by atoms with Crippen LogP contribution in [0.5, 0.6) is 5.75 Å². The summed E-state index contributed by atoms with van der Waals surface area (Å²) < 4.78 is 6.62. The minimum Gasteiger partial charge on any atom is -0.492 e. The maximum Gasteiger partial charge on any atom is 0.347 e. The molecular formula is C14H14ClN3O3. The second-order valence-electron chi connectivity index (χ2n) is 4.15. The molecule has 7 heteroatoms. The lowest BCUT2D eigenvalue weighted by molar-refractivity contribution is -0.116. The van der Waals surface area contributed by atoms with Gasteiger partial charge in [-0.2, -0.15) is 0 Å². The number of nitrogens with one attached hydrogen (secondary N) is 1. The summed E-state index contributed by atoms with van der Waals surface area (Å²) in [5, 5.41) is 3.15. The summed E-state index contributed by atoms with van der Waals surface area (Å²) >= 11 is 5.91. The zero-order valence-corrected chi connectivity index (χ0v) is 12.1. The molecule has 1 aromatic carbocycles. The standard InChI is InChI=1S/C14H14ClN3O3/c1-2-21-12-5-4-10(15)8-11(12)17-13(19)9-18-7-3-6-16-14(18)20/h3-8H,2,9H2,1H3,(H,17,19). The number of anilines is 1. The van der Waals surface area contributed by atoms with Gasteiger partial charge in [-0.15, -0.1) is 0 Å². The molecule has 0 saturated carbocycles. The Morgan fingerprint density at radius 2 is 2.29 bits per heavy atom. The number of amides is 1. The highest BCUT2D eigenvalue weighted by molar-refractivity contribution is 6.31. The largest absolute Gasteiger partial charge is 0.492 e. The van der Waals surface area contributed by atoms with Gasteiger partial charge in [-0.3, -0.25) is 9.36 Å². The van der Waals surface area contributed by atoms with E-state index >= 15 is 0 Å². The molecule has 0 aliphatic heterocycles. The lowest BCUT2D eigenvalue weighted by atomic mass is 10.3. The molecule has 1 aromatic heterocycles. The highest BCUT2D eigenvalue weighted by atomic mass is 35.5. The van der Waals surface area contributed by atoms with Crippen LogP contribution in [0.25, 0.3) is 0 Å². The maximum absolute atomic E-state index is 12.0. The number of hydrogen-bond donors (Lipinski definition) is 1. The fourth-order valence-corrected chi connectivity index (χ4v) is 1.91. The van der Waals surface area contributed by atoms with Gasteiger partial charge in [0.25, 0.3) is 0 Å². The summed E-state index contributed by atoms with van der Waals surface area (Å²) in [5.41, 5.74) is -0.0185. The fourth-order valence-electron chi connectivity index (χ4n) is 1.73. The zero-order chi connectivity index (χ0) is 15.2. The number of ether oxygens (including phenoxy) is 1. The maximum atomic E-state index is 12.0. The number of carbonyl (C=O) groups is 1. The monoisotopic (exact) mass is 307 g/mol. The van der Waals surface area contributed by atoms with Gasteiger partial charge in [0.1, 0.15) is 12.3 Å². The molecule has 21 heavy (non-hydrogen) atoms. The Bertz CT molecular complexity index is 700. The van der Waals surface area contributed by atoms with Crippen LogP contribution in [0.3, 0.4) is 0 Å². The van der Waals surface area contributed by atoms with Crippen molar-refractivity contribution in [3.63, 3.8) is 0 Å². The van der Waals surface area contributed by atoms with Crippen molar-refractivity contribution < 1.29 is 9.53 Å². The van der Waals surface area contributed by atoms with E-state index in [1.807, 2.05) is 6.92 Å². The van der Waals surface area contributed by atoms with Crippen LogP contribution in [0.4, 0.5) is 5.69 Å². The van der Waals surface area contributed by atoms with Crippen molar-refractivity contribution in [2.45, 2.75) is 13.5 Å². The molecule has 0 atom stereocenters. The average Bonchev–Trinajstić information content (AvgIpc) is 2.44. The highest BCUT2D eigenvalue weighted by Crippen LogP contribution is 2.28. The van der Waals surface area contributed by atoms with Crippen LogP contribution in [-0.2, 0) is 11.3 Å². The number of rotatable bonds is 5. The Morgan fingerprint density at radius 3 is 3.00 bits per heavy atom. The van der Waals surface area contributed by atoms with E-state index in [9.17, 15) is 9.59 Å². The Labute approximate surface area is 126 Å². The van der Waals surface area contributed by atoms with E-state index in [4.69, 9.17) is 16.3 Å². The minimum atomic E-state index is -0.483. The van der Waals surface area contributed by atoms with Gasteiger partial charge in [-0.1, -0.05) is 11.6 Å². The molecule has 0 aliphatic carbocycles. The molecule has 0 spiro atoms. The van der Waals surface area contributed by atoms with Gasteiger partial charge < -0.3 is 10.1 Å². The van der Waals surface area contributed by atoms with Gasteiger partial charge in [0.05, 0.1) is 12.3 Å². The van der Waals surface area contributed by atoms with Crippen LogP contribution >= 0.6 is 11.6 Å². The van der Waals surface area contributed by atoms with E-state index in [2.05, 4.69) is 10.3 Å². The van der Waals surface area contributed by atoms with E-state index in [-0.39, 0.29) is 12.5 Å². The van der Waals surface area contributed by atoms with Crippen molar-refractivity contribution in [1.29, 1.82) is 0 Å². The number of nitrogens with zero attached hydrogens (tertiary/aromatic N) is 2. The van der Waals surface area contributed by atoms with Gasteiger partial charge >= 0.3 is 5.69 Å². The first kappa shape index (κ1) is 15.1. The molecule has 0 bridgehead atoms. The first-order valence-electron chi connectivity index (χ1n) is 6.34. The molecule has 0 saturated heterocycles. The molecule has 0 unspecified atom stereocenters. The fraction of sp³-hybridized carbons (Fsp3) is 0.214.